The number of aromatic nitrogens is 2. The van der Waals surface area contributed by atoms with Gasteiger partial charge in [0.25, 0.3) is 0 Å². The van der Waals surface area contributed by atoms with Crippen LogP contribution in [0.4, 0.5) is 5.82 Å². The summed E-state index contributed by atoms with van der Waals surface area (Å²) in [5, 5.41) is 4.49. The Balaban J connectivity index is 3.27. The van der Waals surface area contributed by atoms with Gasteiger partial charge in [-0.05, 0) is 6.42 Å². The Labute approximate surface area is 74.9 Å². The first-order chi connectivity index (χ1) is 5.70. The lowest BCUT2D eigenvalue weighted by atomic mass is 10.3. The number of nitrogens with zero attached hydrogens (tertiary/aromatic N) is 3. The third-order valence-electron chi connectivity index (χ3n) is 1.51. The van der Waals surface area contributed by atoms with E-state index in [0.717, 1.165) is 12.1 Å². The van der Waals surface area contributed by atoms with E-state index in [-0.39, 0.29) is 0 Å². The SMILES string of the molecule is CCc1nn(C)c(N=C=O)c1Cl. The van der Waals surface area contributed by atoms with Gasteiger partial charge in [-0.2, -0.15) is 5.10 Å². The Morgan fingerprint density at radius 3 is 2.83 bits per heavy atom. The molecule has 0 aliphatic carbocycles. The van der Waals surface area contributed by atoms with Crippen molar-refractivity contribution in [2.75, 3.05) is 0 Å². The van der Waals surface area contributed by atoms with Crippen LogP contribution in [0.25, 0.3) is 0 Å². The molecule has 4 nitrogen and oxygen atoms in total. The first-order valence-electron chi connectivity index (χ1n) is 3.50. The van der Waals surface area contributed by atoms with Crippen molar-refractivity contribution in [3.05, 3.63) is 10.7 Å². The van der Waals surface area contributed by atoms with Crippen molar-refractivity contribution in [1.82, 2.24) is 9.78 Å². The van der Waals surface area contributed by atoms with Crippen molar-refractivity contribution in [3.8, 4) is 0 Å². The van der Waals surface area contributed by atoms with Gasteiger partial charge in [0.1, 0.15) is 5.02 Å². The van der Waals surface area contributed by atoms with Gasteiger partial charge in [0.05, 0.1) is 5.69 Å². The summed E-state index contributed by atoms with van der Waals surface area (Å²) in [5.74, 6) is 0.364. The van der Waals surface area contributed by atoms with Gasteiger partial charge in [-0.3, -0.25) is 0 Å². The molecule has 0 radical (unpaired) electrons. The van der Waals surface area contributed by atoms with Crippen LogP contribution in [0.2, 0.25) is 5.02 Å². The van der Waals surface area contributed by atoms with E-state index in [4.69, 9.17) is 11.6 Å². The molecule has 0 aliphatic rings. The zero-order valence-electron chi connectivity index (χ0n) is 6.83. The summed E-state index contributed by atoms with van der Waals surface area (Å²) < 4.78 is 1.46. The summed E-state index contributed by atoms with van der Waals surface area (Å²) in [5.41, 5.74) is 0.744. The summed E-state index contributed by atoms with van der Waals surface area (Å²) in [6.07, 6.45) is 2.16. The highest BCUT2D eigenvalue weighted by Gasteiger charge is 2.11. The van der Waals surface area contributed by atoms with Gasteiger partial charge in [0.15, 0.2) is 5.82 Å². The molecular formula is C7H8ClN3O. The number of carbonyl (C=O) groups excluding carboxylic acids is 1. The number of hydrogen-bond donors (Lipinski definition) is 0. The van der Waals surface area contributed by atoms with Crippen LogP contribution in [0.1, 0.15) is 12.6 Å². The second kappa shape index (κ2) is 3.52. The number of halogens is 1. The molecule has 64 valence electrons. The second-order valence-corrected chi connectivity index (χ2v) is 2.64. The fourth-order valence-corrected chi connectivity index (χ4v) is 1.27. The van der Waals surface area contributed by atoms with E-state index < -0.39 is 0 Å². The molecule has 0 saturated heterocycles. The maximum absolute atomic E-state index is 9.98. The van der Waals surface area contributed by atoms with Crippen LogP contribution in [0.3, 0.4) is 0 Å². The molecule has 12 heavy (non-hydrogen) atoms. The van der Waals surface area contributed by atoms with Crippen LogP contribution in [-0.4, -0.2) is 15.9 Å². The molecule has 0 atom stereocenters. The average molecular weight is 186 g/mol. The van der Waals surface area contributed by atoms with Crippen LogP contribution in [0, 0.1) is 0 Å². The zero-order valence-corrected chi connectivity index (χ0v) is 7.59. The van der Waals surface area contributed by atoms with Crippen molar-refractivity contribution >= 4 is 23.5 Å². The smallest absolute Gasteiger partial charge is 0.242 e. The third-order valence-corrected chi connectivity index (χ3v) is 1.90. The second-order valence-electron chi connectivity index (χ2n) is 2.26. The molecule has 0 saturated carbocycles. The maximum Gasteiger partial charge on any atom is 0.242 e. The van der Waals surface area contributed by atoms with Gasteiger partial charge in [-0.15, -0.1) is 4.99 Å². The quantitative estimate of drug-likeness (QED) is 0.519. The van der Waals surface area contributed by atoms with E-state index in [1.165, 1.54) is 10.8 Å². The molecule has 0 amide bonds. The van der Waals surface area contributed by atoms with E-state index >= 15 is 0 Å². The molecule has 1 aromatic rings. The highest BCUT2D eigenvalue weighted by molar-refractivity contribution is 6.33. The van der Waals surface area contributed by atoms with Crippen molar-refractivity contribution in [2.45, 2.75) is 13.3 Å². The summed E-state index contributed by atoms with van der Waals surface area (Å²) in [4.78, 5) is 13.4. The Hall–Kier alpha value is -1.12. The lowest BCUT2D eigenvalue weighted by Gasteiger charge is -1.88. The Morgan fingerprint density at radius 2 is 2.42 bits per heavy atom. The monoisotopic (exact) mass is 185 g/mol. The van der Waals surface area contributed by atoms with Crippen molar-refractivity contribution in [3.63, 3.8) is 0 Å². The molecule has 0 fully saturated rings. The Kier molecular flexibility index (Phi) is 2.63. The summed E-state index contributed by atoms with van der Waals surface area (Å²) in [6, 6.07) is 0. The van der Waals surface area contributed by atoms with Crippen molar-refractivity contribution in [2.24, 2.45) is 12.0 Å². The van der Waals surface area contributed by atoms with E-state index in [2.05, 4.69) is 10.1 Å². The minimum Gasteiger partial charge on any atom is -0.249 e. The summed E-state index contributed by atoms with van der Waals surface area (Å²) in [6.45, 7) is 1.93. The minimum atomic E-state index is 0.364. The first-order valence-corrected chi connectivity index (χ1v) is 3.87. The maximum atomic E-state index is 9.98. The normalized spacial score (nSPS) is 9.58. The van der Waals surface area contributed by atoms with Gasteiger partial charge in [0, 0.05) is 7.05 Å². The topological polar surface area (TPSA) is 47.2 Å². The molecule has 0 bridgehead atoms. The number of aryl methyl sites for hydroxylation is 2. The number of rotatable bonds is 2. The lowest BCUT2D eigenvalue weighted by Crippen LogP contribution is -1.90. The van der Waals surface area contributed by atoms with Crippen molar-refractivity contribution in [1.29, 1.82) is 0 Å². The minimum absolute atomic E-state index is 0.364. The highest BCUT2D eigenvalue weighted by atomic mass is 35.5. The average Bonchev–Trinajstić information content (AvgIpc) is 2.32. The molecule has 1 rings (SSSR count). The van der Waals surface area contributed by atoms with Gasteiger partial charge in [-0.1, -0.05) is 18.5 Å². The fraction of sp³-hybridized carbons (Fsp3) is 0.429. The summed E-state index contributed by atoms with van der Waals surface area (Å²) in [7, 11) is 1.68. The largest absolute Gasteiger partial charge is 0.249 e. The molecule has 1 heterocycles. The van der Waals surface area contributed by atoms with E-state index in [1.807, 2.05) is 6.92 Å². The van der Waals surface area contributed by atoms with Crippen LogP contribution in [0.15, 0.2) is 4.99 Å². The molecule has 0 spiro atoms. The number of isocyanates is 1. The van der Waals surface area contributed by atoms with Crippen LogP contribution < -0.4 is 0 Å². The molecule has 5 heteroatoms. The molecule has 0 N–H and O–H groups in total. The molecule has 0 aromatic carbocycles. The summed E-state index contributed by atoms with van der Waals surface area (Å²) >= 11 is 5.85. The van der Waals surface area contributed by atoms with Crippen LogP contribution in [0.5, 0.6) is 0 Å². The van der Waals surface area contributed by atoms with Crippen molar-refractivity contribution < 1.29 is 4.79 Å². The Bertz CT molecular complexity index is 339. The standard InChI is InChI=1S/C7H8ClN3O/c1-3-5-6(8)7(9-4-12)11(2)10-5/h3H2,1-2H3. The highest BCUT2D eigenvalue weighted by Crippen LogP contribution is 2.27. The van der Waals surface area contributed by atoms with E-state index in [9.17, 15) is 4.79 Å². The van der Waals surface area contributed by atoms with Gasteiger partial charge < -0.3 is 0 Å². The predicted molar refractivity (Wildman–Crippen MR) is 45.4 cm³/mol. The van der Waals surface area contributed by atoms with Gasteiger partial charge >= 0.3 is 0 Å². The van der Waals surface area contributed by atoms with E-state index in [1.54, 1.807) is 7.05 Å². The molecule has 0 aliphatic heterocycles. The first kappa shape index (κ1) is 8.97. The Morgan fingerprint density at radius 1 is 1.75 bits per heavy atom. The van der Waals surface area contributed by atoms with Gasteiger partial charge in [0.2, 0.25) is 6.08 Å². The predicted octanol–water partition coefficient (Wildman–Crippen LogP) is 1.60. The van der Waals surface area contributed by atoms with Crippen LogP contribution >= 0.6 is 11.6 Å². The van der Waals surface area contributed by atoms with Crippen LogP contribution in [-0.2, 0) is 18.3 Å². The molecule has 0 unspecified atom stereocenters. The van der Waals surface area contributed by atoms with E-state index in [0.29, 0.717) is 10.8 Å². The number of hydrogen-bond acceptors (Lipinski definition) is 3. The fourth-order valence-electron chi connectivity index (χ4n) is 0.934. The van der Waals surface area contributed by atoms with Gasteiger partial charge in [-0.25, -0.2) is 9.48 Å². The molecular weight excluding hydrogens is 178 g/mol. The molecule has 1 aromatic heterocycles. The number of aliphatic imine (C=N–C) groups is 1. The lowest BCUT2D eigenvalue weighted by molar-refractivity contribution is 0.564. The zero-order chi connectivity index (χ0) is 9.14. The third kappa shape index (κ3) is 1.40.